The average Bonchev–Trinajstić information content (AvgIpc) is 2.08. The topological polar surface area (TPSA) is 50.2 Å². The molecular formula is C7H3F3INO2. The largest absolute Gasteiger partial charge is 0.476 e. The summed E-state index contributed by atoms with van der Waals surface area (Å²) in [5, 5.41) is 8.51. The van der Waals surface area contributed by atoms with Crippen molar-refractivity contribution in [3.05, 3.63) is 26.8 Å². The number of aromatic carboxylic acids is 1. The predicted molar refractivity (Wildman–Crippen MR) is 48.8 cm³/mol. The predicted octanol–water partition coefficient (Wildman–Crippen LogP) is 2.46. The molecule has 0 aliphatic rings. The first-order valence-electron chi connectivity index (χ1n) is 3.30. The highest BCUT2D eigenvalue weighted by molar-refractivity contribution is 14.1. The van der Waals surface area contributed by atoms with Gasteiger partial charge in [0.1, 0.15) is 0 Å². The lowest BCUT2D eigenvalue weighted by atomic mass is 10.2. The van der Waals surface area contributed by atoms with Gasteiger partial charge in [-0.25, -0.2) is 22.9 Å². The first-order chi connectivity index (χ1) is 6.45. The van der Waals surface area contributed by atoms with Crippen molar-refractivity contribution < 1.29 is 23.1 Å². The van der Waals surface area contributed by atoms with Gasteiger partial charge in [-0.3, -0.25) is 0 Å². The maximum absolute atomic E-state index is 12.8. The standard InChI is InChI=1S/C7H3F3INO2/c8-2-1-12-5(7(13)14)3(4(2)11)6(9)10/h1,6H,(H,13,14). The summed E-state index contributed by atoms with van der Waals surface area (Å²) in [4.78, 5) is 13.6. The van der Waals surface area contributed by atoms with Gasteiger partial charge in [-0.05, 0) is 22.6 Å². The molecule has 1 heterocycles. The van der Waals surface area contributed by atoms with E-state index in [9.17, 15) is 18.0 Å². The lowest BCUT2D eigenvalue weighted by Crippen LogP contribution is -2.09. The molecule has 76 valence electrons. The summed E-state index contributed by atoms with van der Waals surface area (Å²) in [5.41, 5.74) is -1.69. The molecule has 0 aromatic carbocycles. The summed E-state index contributed by atoms with van der Waals surface area (Å²) < 4.78 is 37.1. The number of aromatic nitrogens is 1. The monoisotopic (exact) mass is 317 g/mol. The Bertz CT molecular complexity index is 383. The summed E-state index contributed by atoms with van der Waals surface area (Å²) in [6, 6.07) is 0. The first-order valence-corrected chi connectivity index (χ1v) is 4.38. The number of rotatable bonds is 2. The number of hydrogen-bond acceptors (Lipinski definition) is 2. The smallest absolute Gasteiger partial charge is 0.355 e. The molecule has 0 aliphatic heterocycles. The van der Waals surface area contributed by atoms with Crippen molar-refractivity contribution in [2.45, 2.75) is 6.43 Å². The van der Waals surface area contributed by atoms with Gasteiger partial charge in [0.25, 0.3) is 6.43 Å². The van der Waals surface area contributed by atoms with Crippen LogP contribution < -0.4 is 0 Å². The van der Waals surface area contributed by atoms with Gasteiger partial charge in [0, 0.05) is 0 Å². The number of carboxylic acids is 1. The van der Waals surface area contributed by atoms with Gasteiger partial charge in [0.15, 0.2) is 11.5 Å². The van der Waals surface area contributed by atoms with Crippen molar-refractivity contribution in [1.82, 2.24) is 4.98 Å². The summed E-state index contributed by atoms with van der Waals surface area (Å²) in [6.45, 7) is 0. The minimum absolute atomic E-state index is 0.412. The molecule has 0 aliphatic carbocycles. The molecule has 0 saturated carbocycles. The van der Waals surface area contributed by atoms with Crippen LogP contribution in [0.25, 0.3) is 0 Å². The molecule has 1 aromatic rings. The van der Waals surface area contributed by atoms with Crippen molar-refractivity contribution in [1.29, 1.82) is 0 Å². The number of alkyl halides is 2. The van der Waals surface area contributed by atoms with E-state index in [1.807, 2.05) is 0 Å². The van der Waals surface area contributed by atoms with Crippen molar-refractivity contribution in [2.24, 2.45) is 0 Å². The van der Waals surface area contributed by atoms with Crippen LogP contribution >= 0.6 is 22.6 Å². The zero-order valence-corrected chi connectivity index (χ0v) is 8.63. The zero-order valence-electron chi connectivity index (χ0n) is 6.47. The highest BCUT2D eigenvalue weighted by Crippen LogP contribution is 2.28. The molecule has 7 heteroatoms. The van der Waals surface area contributed by atoms with Crippen LogP contribution in [0.5, 0.6) is 0 Å². The van der Waals surface area contributed by atoms with E-state index in [0.29, 0.717) is 6.20 Å². The average molecular weight is 317 g/mol. The van der Waals surface area contributed by atoms with Crippen molar-refractivity contribution in [3.8, 4) is 0 Å². The van der Waals surface area contributed by atoms with Crippen LogP contribution in [0.2, 0.25) is 0 Å². The first kappa shape index (κ1) is 11.2. The van der Waals surface area contributed by atoms with E-state index in [1.165, 1.54) is 22.6 Å². The number of carbonyl (C=O) groups is 1. The second-order valence-electron chi connectivity index (χ2n) is 2.29. The Labute approximate surface area is 90.1 Å². The number of halogens is 4. The molecule has 0 unspecified atom stereocenters. The highest BCUT2D eigenvalue weighted by atomic mass is 127. The van der Waals surface area contributed by atoms with Gasteiger partial charge < -0.3 is 5.11 Å². The van der Waals surface area contributed by atoms with Gasteiger partial charge in [-0.15, -0.1) is 0 Å². The second-order valence-corrected chi connectivity index (χ2v) is 3.37. The Balaban J connectivity index is 3.45. The molecule has 0 atom stereocenters. The SMILES string of the molecule is O=C(O)c1ncc(F)c(I)c1C(F)F. The van der Waals surface area contributed by atoms with E-state index in [2.05, 4.69) is 4.98 Å². The van der Waals surface area contributed by atoms with Gasteiger partial charge in [0.05, 0.1) is 15.3 Å². The fourth-order valence-corrected chi connectivity index (χ4v) is 1.48. The van der Waals surface area contributed by atoms with E-state index in [-0.39, 0.29) is 0 Å². The van der Waals surface area contributed by atoms with Crippen LogP contribution in [0.1, 0.15) is 22.5 Å². The quantitative estimate of drug-likeness (QED) is 0.853. The number of nitrogens with zero attached hydrogens (tertiary/aromatic N) is 1. The molecule has 0 spiro atoms. The summed E-state index contributed by atoms with van der Waals surface area (Å²) in [5.74, 6) is -2.55. The van der Waals surface area contributed by atoms with E-state index in [1.54, 1.807) is 0 Å². The molecule has 0 saturated heterocycles. The van der Waals surface area contributed by atoms with E-state index >= 15 is 0 Å². The van der Waals surface area contributed by atoms with Crippen molar-refractivity contribution >= 4 is 28.6 Å². The zero-order chi connectivity index (χ0) is 10.9. The van der Waals surface area contributed by atoms with Gasteiger partial charge in [0.2, 0.25) is 0 Å². The summed E-state index contributed by atoms with van der Waals surface area (Å²) >= 11 is 1.32. The molecule has 1 aromatic heterocycles. The Morgan fingerprint density at radius 3 is 2.57 bits per heavy atom. The van der Waals surface area contributed by atoms with Crippen LogP contribution in [0, 0.1) is 9.39 Å². The van der Waals surface area contributed by atoms with Gasteiger partial charge in [-0.1, -0.05) is 0 Å². The molecule has 3 nitrogen and oxygen atoms in total. The van der Waals surface area contributed by atoms with E-state index in [0.717, 1.165) is 0 Å². The van der Waals surface area contributed by atoms with Crippen LogP contribution in [0.4, 0.5) is 13.2 Å². The van der Waals surface area contributed by atoms with E-state index in [4.69, 9.17) is 5.11 Å². The Hall–Kier alpha value is -0.860. The fourth-order valence-electron chi connectivity index (χ4n) is 0.850. The second kappa shape index (κ2) is 4.11. The lowest BCUT2D eigenvalue weighted by molar-refractivity contribution is 0.0676. The Morgan fingerprint density at radius 1 is 1.57 bits per heavy atom. The number of hydrogen-bond donors (Lipinski definition) is 1. The van der Waals surface area contributed by atoms with Crippen molar-refractivity contribution in [2.75, 3.05) is 0 Å². The number of pyridine rings is 1. The van der Waals surface area contributed by atoms with Gasteiger partial charge >= 0.3 is 5.97 Å². The molecule has 0 radical (unpaired) electrons. The Kier molecular flexibility index (Phi) is 3.29. The molecule has 0 fully saturated rings. The van der Waals surface area contributed by atoms with Crippen LogP contribution in [-0.4, -0.2) is 16.1 Å². The van der Waals surface area contributed by atoms with Crippen LogP contribution in [0.3, 0.4) is 0 Å². The molecule has 14 heavy (non-hydrogen) atoms. The summed E-state index contributed by atoms with van der Waals surface area (Å²) in [7, 11) is 0. The maximum Gasteiger partial charge on any atom is 0.355 e. The summed E-state index contributed by atoms with van der Waals surface area (Å²) in [6.07, 6.45) is -2.45. The number of carboxylic acid groups (broad SMARTS) is 1. The maximum atomic E-state index is 12.8. The molecular weight excluding hydrogens is 314 g/mol. The van der Waals surface area contributed by atoms with Crippen LogP contribution in [-0.2, 0) is 0 Å². The highest BCUT2D eigenvalue weighted by Gasteiger charge is 2.24. The molecule has 0 amide bonds. The van der Waals surface area contributed by atoms with E-state index < -0.39 is 33.0 Å². The normalized spacial score (nSPS) is 10.6. The molecule has 1 N–H and O–H groups in total. The minimum Gasteiger partial charge on any atom is -0.476 e. The molecule has 0 bridgehead atoms. The van der Waals surface area contributed by atoms with Crippen molar-refractivity contribution in [3.63, 3.8) is 0 Å². The minimum atomic E-state index is -3.06. The third kappa shape index (κ3) is 1.97. The van der Waals surface area contributed by atoms with Gasteiger partial charge in [-0.2, -0.15) is 0 Å². The molecule has 1 rings (SSSR count). The van der Waals surface area contributed by atoms with Crippen LogP contribution in [0.15, 0.2) is 6.20 Å². The third-order valence-electron chi connectivity index (χ3n) is 1.43. The Morgan fingerprint density at radius 2 is 2.14 bits per heavy atom. The third-order valence-corrected chi connectivity index (χ3v) is 2.53. The lowest BCUT2D eigenvalue weighted by Gasteiger charge is -2.06. The fraction of sp³-hybridized carbons (Fsp3) is 0.143.